The average molecular weight is 699 g/mol. The third-order valence-corrected chi connectivity index (χ3v) is 13.5. The largest absolute Gasteiger partial charge is 0.481 e. The van der Waals surface area contributed by atoms with Gasteiger partial charge in [0, 0.05) is 26.4 Å². The first kappa shape index (κ1) is 43.8. The number of ether oxygens (including phenoxy) is 3. The van der Waals surface area contributed by atoms with Crippen molar-refractivity contribution >= 4 is 26.0 Å². The lowest BCUT2D eigenvalue weighted by Crippen LogP contribution is -2.42. The highest BCUT2D eigenvalue weighted by molar-refractivity contribution is 6.72. The summed E-state index contributed by atoms with van der Waals surface area (Å²) in [6.07, 6.45) is 8.19. The molecule has 0 aromatic carbocycles. The number of methoxy groups -OCH3 is 1. The van der Waals surface area contributed by atoms with Crippen LogP contribution in [-0.2, 0) is 28.6 Å². The molecule has 1 aliphatic rings. The van der Waals surface area contributed by atoms with Crippen LogP contribution in [0.15, 0.2) is 36.0 Å². The molecule has 0 aromatic heterocycles. The Labute approximate surface area is 289 Å². The molecule has 11 heteroatoms. The second-order valence-corrected chi connectivity index (χ2v) is 19.9. The maximum atomic E-state index is 15.3. The highest BCUT2D eigenvalue weighted by Gasteiger charge is 2.54. The summed E-state index contributed by atoms with van der Waals surface area (Å²) in [5.74, 6) is -2.45. The summed E-state index contributed by atoms with van der Waals surface area (Å²) in [5, 5.41) is 20.5. The van der Waals surface area contributed by atoms with E-state index in [1.807, 2.05) is 60.7 Å². The van der Waals surface area contributed by atoms with Gasteiger partial charge >= 0.3 is 11.9 Å². The summed E-state index contributed by atoms with van der Waals surface area (Å²) in [6, 6.07) is 0. The van der Waals surface area contributed by atoms with E-state index in [9.17, 15) is 29.4 Å². The van der Waals surface area contributed by atoms with Crippen molar-refractivity contribution in [3.63, 3.8) is 0 Å². The predicted molar refractivity (Wildman–Crippen MR) is 189 cm³/mol. The van der Waals surface area contributed by atoms with Crippen molar-refractivity contribution in [1.29, 1.82) is 0 Å². The Morgan fingerprint density at radius 1 is 1.06 bits per heavy atom. The van der Waals surface area contributed by atoms with Gasteiger partial charge in [0.05, 0.1) is 12.2 Å². The second kappa shape index (κ2) is 18.2. The molecule has 0 bridgehead atoms. The number of aliphatic hydroxyl groups is 1. The topological polar surface area (TPSA) is 143 Å². The molecule has 1 rings (SSSR count). The summed E-state index contributed by atoms with van der Waals surface area (Å²) in [7, 11) is -0.965. The highest BCUT2D eigenvalue weighted by atomic mass is 28.4. The van der Waals surface area contributed by atoms with Crippen LogP contribution in [0.5, 0.6) is 0 Å². The van der Waals surface area contributed by atoms with Gasteiger partial charge in [0.25, 0.3) is 0 Å². The van der Waals surface area contributed by atoms with Crippen LogP contribution in [0, 0.1) is 17.8 Å². The number of hydrogen-bond donors (Lipinski definition) is 3. The van der Waals surface area contributed by atoms with Gasteiger partial charge < -0.3 is 29.2 Å². The zero-order valence-corrected chi connectivity index (χ0v) is 32.3. The van der Waals surface area contributed by atoms with E-state index in [0.29, 0.717) is 19.3 Å². The fourth-order valence-corrected chi connectivity index (χ4v) is 6.86. The molecular formula is C37H63FO9Si. The van der Waals surface area contributed by atoms with Gasteiger partial charge in [-0.25, -0.2) is 4.39 Å². The Hall–Kier alpha value is -2.18. The van der Waals surface area contributed by atoms with E-state index in [1.165, 1.54) is 26.0 Å². The van der Waals surface area contributed by atoms with Crippen LogP contribution in [0.25, 0.3) is 0 Å². The monoisotopic (exact) mass is 698 g/mol. The molecule has 1 aliphatic heterocycles. The molecule has 1 saturated heterocycles. The molecule has 0 spiro atoms. The molecule has 9 nitrogen and oxygen atoms in total. The number of rotatable bonds is 22. The van der Waals surface area contributed by atoms with Gasteiger partial charge in [-0.15, -0.1) is 0 Å². The van der Waals surface area contributed by atoms with Gasteiger partial charge in [-0.05, 0) is 95.0 Å². The Morgan fingerprint density at radius 3 is 2.17 bits per heavy atom. The standard InChI is InChI=1S/C37H63FO9Si/c1-13-29(45-10)26(4)32-33(47-32)34(42)36(8,38)19-14-15-24(2)21-25(3)16-17-30(46-27(5)39)37(9,43)20-18-28(22-31(40)41)23-35(6,7)48(11,12)44/h14-17,19,25-26,28-30,32-33,43-44H,13,18,20-23H2,1-12H3,(H,40,41)/b17-16+,19-14+,24-15+/t25?,26-,28?,29+,30+,32?,33?,36?,37?/m1/s1. The lowest BCUT2D eigenvalue weighted by atomic mass is 9.83. The molecule has 0 aliphatic carbocycles. The number of aliphatic carboxylic acids is 1. The predicted octanol–water partition coefficient (Wildman–Crippen LogP) is 7.12. The maximum absolute atomic E-state index is 15.3. The van der Waals surface area contributed by atoms with Gasteiger partial charge in [0.15, 0.2) is 14.0 Å². The van der Waals surface area contributed by atoms with Crippen molar-refractivity contribution in [2.24, 2.45) is 17.8 Å². The number of carbonyl (C=O) groups is 3. The lowest BCUT2D eigenvalue weighted by Gasteiger charge is -2.38. The smallest absolute Gasteiger partial charge is 0.303 e. The van der Waals surface area contributed by atoms with E-state index in [-0.39, 0.29) is 42.8 Å². The minimum Gasteiger partial charge on any atom is -0.481 e. The number of carboxylic acid groups (broad SMARTS) is 1. The number of alkyl halides is 1. The second-order valence-electron chi connectivity index (χ2n) is 15.5. The summed E-state index contributed by atoms with van der Waals surface area (Å²) in [5.41, 5.74) is -2.73. The molecule has 0 radical (unpaired) electrons. The highest BCUT2D eigenvalue weighted by Crippen LogP contribution is 2.44. The summed E-state index contributed by atoms with van der Waals surface area (Å²) in [6.45, 7) is 19.4. The quantitative estimate of drug-likeness (QED) is 0.0354. The molecule has 0 amide bonds. The number of Topliss-reactive ketones (excluding diaryl/α,β-unsaturated/α-hetero) is 1. The van der Waals surface area contributed by atoms with Crippen molar-refractivity contribution in [3.05, 3.63) is 36.0 Å². The van der Waals surface area contributed by atoms with E-state index in [2.05, 4.69) is 0 Å². The van der Waals surface area contributed by atoms with Gasteiger partial charge in [-0.3, -0.25) is 14.4 Å². The van der Waals surface area contributed by atoms with Crippen molar-refractivity contribution < 1.29 is 48.0 Å². The summed E-state index contributed by atoms with van der Waals surface area (Å²) < 4.78 is 31.8. The summed E-state index contributed by atoms with van der Waals surface area (Å²) >= 11 is 0. The third-order valence-electron chi connectivity index (χ3n) is 10.0. The van der Waals surface area contributed by atoms with Crippen molar-refractivity contribution in [2.75, 3.05) is 7.11 Å². The molecule has 9 atom stereocenters. The van der Waals surface area contributed by atoms with Gasteiger partial charge in [-0.1, -0.05) is 58.4 Å². The van der Waals surface area contributed by atoms with Crippen molar-refractivity contribution in [3.8, 4) is 0 Å². The number of allylic oxidation sites excluding steroid dienone is 5. The molecule has 0 aromatic rings. The first-order chi connectivity index (χ1) is 21.9. The van der Waals surface area contributed by atoms with Crippen LogP contribution in [0.1, 0.15) is 101 Å². The van der Waals surface area contributed by atoms with Crippen LogP contribution < -0.4 is 0 Å². The number of carbonyl (C=O) groups excluding carboxylic acids is 2. The lowest BCUT2D eigenvalue weighted by molar-refractivity contribution is -0.156. The van der Waals surface area contributed by atoms with Crippen LogP contribution in [-0.4, -0.2) is 83.8 Å². The Balaban J connectivity index is 2.91. The minimum atomic E-state index is -2.58. The van der Waals surface area contributed by atoms with E-state index >= 15 is 4.39 Å². The molecule has 1 heterocycles. The van der Waals surface area contributed by atoms with Gasteiger partial charge in [0.2, 0.25) is 5.78 Å². The van der Waals surface area contributed by atoms with E-state index in [1.54, 1.807) is 26.2 Å². The van der Waals surface area contributed by atoms with Crippen LogP contribution in [0.4, 0.5) is 4.39 Å². The van der Waals surface area contributed by atoms with Crippen molar-refractivity contribution in [1.82, 2.24) is 0 Å². The maximum Gasteiger partial charge on any atom is 0.303 e. The van der Waals surface area contributed by atoms with E-state index in [0.717, 1.165) is 12.0 Å². The number of esters is 1. The number of hydrogen-bond acceptors (Lipinski definition) is 8. The number of halogens is 1. The zero-order valence-electron chi connectivity index (χ0n) is 31.3. The minimum absolute atomic E-state index is 0.0262. The molecule has 0 saturated carbocycles. The fraction of sp³-hybridized carbons (Fsp3) is 0.757. The van der Waals surface area contributed by atoms with Crippen LogP contribution in [0.2, 0.25) is 18.1 Å². The van der Waals surface area contributed by atoms with E-state index in [4.69, 9.17) is 14.2 Å². The first-order valence-electron chi connectivity index (χ1n) is 17.2. The molecule has 48 heavy (non-hydrogen) atoms. The number of carboxylic acids is 1. The van der Waals surface area contributed by atoms with Crippen LogP contribution >= 0.6 is 0 Å². The molecule has 276 valence electrons. The number of epoxide rings is 1. The van der Waals surface area contributed by atoms with Crippen molar-refractivity contribution in [2.45, 2.75) is 155 Å². The zero-order chi connectivity index (χ0) is 37.3. The molecule has 6 unspecified atom stereocenters. The Kier molecular flexibility index (Phi) is 16.6. The van der Waals surface area contributed by atoms with Crippen LogP contribution in [0.3, 0.4) is 0 Å². The average Bonchev–Trinajstić information content (AvgIpc) is 3.73. The Bertz CT molecular complexity index is 1160. The molecular weight excluding hydrogens is 635 g/mol. The fourth-order valence-electron chi connectivity index (χ4n) is 6.07. The van der Waals surface area contributed by atoms with Gasteiger partial charge in [-0.2, -0.15) is 0 Å². The number of ketones is 1. The normalized spacial score (nSPS) is 23.2. The third kappa shape index (κ3) is 14.0. The first-order valence-corrected chi connectivity index (χ1v) is 20.1. The summed E-state index contributed by atoms with van der Waals surface area (Å²) in [4.78, 5) is 47.1. The SMILES string of the molecule is CC[C@H](OC)[C@@H](C)C1OC1C(=O)C(C)(F)/C=C/C=C(\C)CC(C)/C=C/[C@H](OC(C)=O)C(C)(O)CCC(CC(=O)O)CC(C)(C)[Si](C)(C)O. The molecule has 3 N–H and O–H groups in total. The van der Waals surface area contributed by atoms with Gasteiger partial charge in [0.1, 0.15) is 17.8 Å². The van der Waals surface area contributed by atoms with E-state index < -0.39 is 54.6 Å². The Morgan fingerprint density at radius 2 is 1.67 bits per heavy atom. The molecule has 1 fully saturated rings.